The lowest BCUT2D eigenvalue weighted by Crippen LogP contribution is -2.39. The summed E-state index contributed by atoms with van der Waals surface area (Å²) in [6, 6.07) is 7.23. The minimum absolute atomic E-state index is 0.0187. The van der Waals surface area contributed by atoms with Gasteiger partial charge in [0.2, 0.25) is 11.8 Å². The van der Waals surface area contributed by atoms with E-state index in [0.717, 1.165) is 10.6 Å². The van der Waals surface area contributed by atoms with Crippen molar-refractivity contribution in [3.8, 4) is 0 Å². The van der Waals surface area contributed by atoms with Gasteiger partial charge in [0, 0.05) is 41.2 Å². The predicted octanol–water partition coefficient (Wildman–Crippen LogP) is 1.58. The van der Waals surface area contributed by atoms with Gasteiger partial charge < -0.3 is 10.2 Å². The van der Waals surface area contributed by atoms with Crippen LogP contribution in [0, 0.1) is 5.92 Å². The molecule has 0 saturated carbocycles. The first kappa shape index (κ1) is 19.5. The van der Waals surface area contributed by atoms with Gasteiger partial charge in [-0.3, -0.25) is 9.59 Å². The molecule has 3 rings (SSSR count). The fourth-order valence-corrected chi connectivity index (χ4v) is 5.92. The van der Waals surface area contributed by atoms with Gasteiger partial charge in [-0.25, -0.2) is 8.42 Å². The van der Waals surface area contributed by atoms with Crippen molar-refractivity contribution in [2.45, 2.75) is 23.8 Å². The van der Waals surface area contributed by atoms with Crippen molar-refractivity contribution in [2.75, 3.05) is 30.3 Å². The summed E-state index contributed by atoms with van der Waals surface area (Å²) in [5.74, 6) is 0.205. The second-order valence-electron chi connectivity index (χ2n) is 6.60. The topological polar surface area (TPSA) is 83.6 Å². The average Bonchev–Trinajstić information content (AvgIpc) is 3.15. The lowest BCUT2D eigenvalue weighted by Gasteiger charge is -2.22. The molecule has 0 radical (unpaired) electrons. The summed E-state index contributed by atoms with van der Waals surface area (Å²) in [4.78, 5) is 27.1. The lowest BCUT2D eigenvalue weighted by atomic mass is 10.1. The Balaban J connectivity index is 1.42. The number of rotatable bonds is 6. The lowest BCUT2D eigenvalue weighted by molar-refractivity contribution is -0.130. The number of hydrogen-bond donors (Lipinski definition) is 1. The van der Waals surface area contributed by atoms with Gasteiger partial charge in [0.15, 0.2) is 9.84 Å². The highest BCUT2D eigenvalue weighted by Crippen LogP contribution is 2.26. The van der Waals surface area contributed by atoms with E-state index in [4.69, 9.17) is 11.6 Å². The number of benzene rings is 1. The van der Waals surface area contributed by atoms with Crippen LogP contribution in [0.15, 0.2) is 29.2 Å². The minimum atomic E-state index is -3.05. The third kappa shape index (κ3) is 4.92. The molecule has 2 saturated heterocycles. The Morgan fingerprint density at radius 3 is 2.69 bits per heavy atom. The molecule has 0 aliphatic carbocycles. The number of likely N-dealkylation sites (tertiary alicyclic amines) is 1. The summed E-state index contributed by atoms with van der Waals surface area (Å²) < 4.78 is 23.2. The zero-order valence-corrected chi connectivity index (χ0v) is 16.6. The molecule has 0 spiro atoms. The van der Waals surface area contributed by atoms with E-state index in [1.807, 2.05) is 24.3 Å². The fraction of sp³-hybridized carbons (Fsp3) is 0.529. The van der Waals surface area contributed by atoms with Crippen LogP contribution in [-0.2, 0) is 19.4 Å². The monoisotopic (exact) mass is 416 g/mol. The van der Waals surface area contributed by atoms with E-state index in [-0.39, 0.29) is 35.8 Å². The number of thioether (sulfide) groups is 1. The summed E-state index contributed by atoms with van der Waals surface area (Å²) in [5, 5.41) is 3.56. The van der Waals surface area contributed by atoms with Crippen molar-refractivity contribution in [2.24, 2.45) is 5.92 Å². The van der Waals surface area contributed by atoms with Gasteiger partial charge in [-0.2, -0.15) is 0 Å². The van der Waals surface area contributed by atoms with Crippen LogP contribution in [0.5, 0.6) is 0 Å². The van der Waals surface area contributed by atoms with Gasteiger partial charge in [-0.05, 0) is 30.7 Å². The summed E-state index contributed by atoms with van der Waals surface area (Å²) in [7, 11) is -3.05. The second kappa shape index (κ2) is 8.19. The predicted molar refractivity (Wildman–Crippen MR) is 102 cm³/mol. The Morgan fingerprint density at radius 2 is 2.04 bits per heavy atom. The first-order chi connectivity index (χ1) is 12.3. The number of nitrogens with zero attached hydrogens (tertiary/aromatic N) is 1. The highest BCUT2D eigenvalue weighted by Gasteiger charge is 2.41. The molecule has 1 aromatic rings. The summed E-state index contributed by atoms with van der Waals surface area (Å²) in [5.41, 5.74) is 0. The van der Waals surface area contributed by atoms with E-state index < -0.39 is 15.8 Å². The first-order valence-electron chi connectivity index (χ1n) is 8.50. The zero-order valence-electron chi connectivity index (χ0n) is 14.2. The highest BCUT2D eigenvalue weighted by atomic mass is 35.5. The van der Waals surface area contributed by atoms with E-state index in [1.165, 1.54) is 0 Å². The van der Waals surface area contributed by atoms with E-state index >= 15 is 0 Å². The number of sulfone groups is 1. The number of carbonyl (C=O) groups excluding carboxylic acids is 2. The summed E-state index contributed by atoms with van der Waals surface area (Å²) in [6.45, 7) is 0.823. The van der Waals surface area contributed by atoms with Crippen LogP contribution in [0.25, 0.3) is 0 Å². The molecule has 0 aromatic heterocycles. The third-order valence-electron chi connectivity index (χ3n) is 4.66. The van der Waals surface area contributed by atoms with Gasteiger partial charge >= 0.3 is 0 Å². The van der Waals surface area contributed by atoms with Crippen LogP contribution >= 0.6 is 23.4 Å². The normalized spacial score (nSPS) is 24.8. The summed E-state index contributed by atoms with van der Waals surface area (Å²) in [6.07, 6.45) is 0.632. The van der Waals surface area contributed by atoms with Gasteiger partial charge in [0.05, 0.1) is 17.4 Å². The molecule has 1 N–H and O–H groups in total. The maximum Gasteiger partial charge on any atom is 0.225 e. The molecule has 2 fully saturated rings. The third-order valence-corrected chi connectivity index (χ3v) is 7.68. The molecule has 9 heteroatoms. The Morgan fingerprint density at radius 1 is 1.31 bits per heavy atom. The van der Waals surface area contributed by atoms with Crippen molar-refractivity contribution < 1.29 is 18.0 Å². The van der Waals surface area contributed by atoms with E-state index in [0.29, 0.717) is 24.5 Å². The van der Waals surface area contributed by atoms with Crippen LogP contribution in [0.3, 0.4) is 0 Å². The SMILES string of the molecule is O=C(NCCSc1ccc(Cl)cc1)C1CC(=O)N(C2CCS(=O)(=O)C2)C1. The van der Waals surface area contributed by atoms with Gasteiger partial charge in [-0.1, -0.05) is 11.6 Å². The first-order valence-corrected chi connectivity index (χ1v) is 11.7. The zero-order chi connectivity index (χ0) is 18.7. The Kier molecular flexibility index (Phi) is 6.14. The molecule has 2 aliphatic heterocycles. The number of hydrogen-bond acceptors (Lipinski definition) is 5. The van der Waals surface area contributed by atoms with Crippen LogP contribution in [0.4, 0.5) is 0 Å². The highest BCUT2D eigenvalue weighted by molar-refractivity contribution is 7.99. The van der Waals surface area contributed by atoms with Gasteiger partial charge in [0.25, 0.3) is 0 Å². The van der Waals surface area contributed by atoms with Crippen LogP contribution in [-0.4, -0.2) is 61.5 Å². The minimum Gasteiger partial charge on any atom is -0.355 e. The smallest absolute Gasteiger partial charge is 0.225 e. The summed E-state index contributed by atoms with van der Waals surface area (Å²) >= 11 is 7.46. The molecule has 6 nitrogen and oxygen atoms in total. The molecule has 1 aromatic carbocycles. The fourth-order valence-electron chi connectivity index (χ4n) is 3.30. The Hall–Kier alpha value is -1.25. The van der Waals surface area contributed by atoms with Crippen LogP contribution < -0.4 is 5.32 Å². The standard InChI is InChI=1S/C17H21ClN2O4S2/c18-13-1-3-15(4-2-13)25-7-6-19-17(22)12-9-16(21)20(10-12)14-5-8-26(23,24)11-14/h1-4,12,14H,5-11H2,(H,19,22). The van der Waals surface area contributed by atoms with Crippen molar-refractivity contribution >= 4 is 45.0 Å². The molecule has 2 atom stereocenters. The number of nitrogens with one attached hydrogen (secondary N) is 1. The second-order valence-corrected chi connectivity index (χ2v) is 10.4. The molecule has 2 unspecified atom stereocenters. The quantitative estimate of drug-likeness (QED) is 0.562. The van der Waals surface area contributed by atoms with Crippen LogP contribution in [0.2, 0.25) is 5.02 Å². The molecule has 26 heavy (non-hydrogen) atoms. The molecule has 2 amide bonds. The van der Waals surface area contributed by atoms with Crippen molar-refractivity contribution in [3.05, 3.63) is 29.3 Å². The number of halogens is 1. The molecular weight excluding hydrogens is 396 g/mol. The van der Waals surface area contributed by atoms with Crippen molar-refractivity contribution in [1.29, 1.82) is 0 Å². The Labute approximate surface area is 162 Å². The number of carbonyl (C=O) groups is 2. The Bertz CT molecular complexity index is 782. The van der Waals surface area contributed by atoms with Gasteiger partial charge in [0.1, 0.15) is 0 Å². The average molecular weight is 417 g/mol. The number of amides is 2. The molecule has 142 valence electrons. The maximum atomic E-state index is 12.3. The van der Waals surface area contributed by atoms with Crippen LogP contribution in [0.1, 0.15) is 12.8 Å². The molecular formula is C17H21ClN2O4S2. The van der Waals surface area contributed by atoms with Gasteiger partial charge in [-0.15, -0.1) is 11.8 Å². The molecule has 2 heterocycles. The van der Waals surface area contributed by atoms with E-state index in [1.54, 1.807) is 16.7 Å². The largest absolute Gasteiger partial charge is 0.355 e. The maximum absolute atomic E-state index is 12.3. The molecule has 2 aliphatic rings. The van der Waals surface area contributed by atoms with E-state index in [9.17, 15) is 18.0 Å². The molecule has 0 bridgehead atoms. The van der Waals surface area contributed by atoms with Crippen molar-refractivity contribution in [1.82, 2.24) is 10.2 Å². The van der Waals surface area contributed by atoms with Crippen molar-refractivity contribution in [3.63, 3.8) is 0 Å². The van der Waals surface area contributed by atoms with E-state index in [2.05, 4.69) is 5.32 Å².